The molecule has 4 heterocycles. The zero-order chi connectivity index (χ0) is 83.6. The molecule has 0 N–H and O–H groups in total. The zero-order valence-electron chi connectivity index (χ0n) is 78.7. The van der Waals surface area contributed by atoms with Crippen molar-refractivity contribution in [1.29, 1.82) is 0 Å². The molecule has 0 radical (unpaired) electrons. The Kier molecular flexibility index (Phi) is 42.5. The maximum atomic E-state index is 3.12. The van der Waals surface area contributed by atoms with Gasteiger partial charge in [0.2, 0.25) is 0 Å². The van der Waals surface area contributed by atoms with Gasteiger partial charge in [0, 0.05) is 0 Å². The van der Waals surface area contributed by atoms with Crippen molar-refractivity contribution in [3.63, 3.8) is 0 Å². The van der Waals surface area contributed by atoms with E-state index in [1.807, 2.05) is 5.79 Å². The number of aryl methyl sites for hydroxylation is 8. The molecule has 8 aromatic rings. The van der Waals surface area contributed by atoms with Gasteiger partial charge < -0.3 is 0 Å². The average Bonchev–Trinajstić information content (AvgIpc) is 1.48. The second kappa shape index (κ2) is 51.4. The molecule has 652 valence electrons. The van der Waals surface area contributed by atoms with E-state index in [1.165, 1.54) is 361 Å². The summed E-state index contributed by atoms with van der Waals surface area (Å²) in [6.07, 6.45) is 67.0. The van der Waals surface area contributed by atoms with Crippen LogP contribution in [0.25, 0.3) is 28.9 Å². The molecule has 0 fully saturated rings. The van der Waals surface area contributed by atoms with E-state index in [0.29, 0.717) is 0 Å². The second-order valence-electron chi connectivity index (χ2n) is 38.3. The first kappa shape index (κ1) is 97.7. The van der Waals surface area contributed by atoms with Crippen LogP contribution in [0.4, 0.5) is 0 Å². The Morgan fingerprint density at radius 3 is 0.559 bits per heavy atom. The Morgan fingerprint density at radius 2 is 0.381 bits per heavy atom. The van der Waals surface area contributed by atoms with Crippen LogP contribution in [0.5, 0.6) is 0 Å². The van der Waals surface area contributed by atoms with Crippen molar-refractivity contribution >= 4 is 97.3 Å². The second-order valence-corrected chi connectivity index (χ2v) is 70.8. The maximum absolute atomic E-state index is 3.16. The van der Waals surface area contributed by atoms with E-state index in [4.69, 9.17) is 0 Å². The summed E-state index contributed by atoms with van der Waals surface area (Å²) in [6.45, 7) is 34.4. The molecule has 0 saturated carbocycles. The molecule has 0 nitrogen and oxygen atoms in total. The van der Waals surface area contributed by atoms with Crippen LogP contribution in [0.1, 0.15) is 468 Å². The number of fused-ring (bicyclic) bond motifs is 9. The Balaban J connectivity index is 1.48. The van der Waals surface area contributed by atoms with Gasteiger partial charge in [0.05, 0.1) is 0 Å². The summed E-state index contributed by atoms with van der Waals surface area (Å²) in [5.74, 6) is 0. The van der Waals surface area contributed by atoms with Crippen LogP contribution in [-0.2, 0) is 62.2 Å². The molecular weight excluding hydrogens is 1710 g/mol. The Labute approximate surface area is 751 Å². The van der Waals surface area contributed by atoms with Gasteiger partial charge in [-0.3, -0.25) is 0 Å². The van der Waals surface area contributed by atoms with Crippen LogP contribution in [0, 0.1) is 0 Å². The van der Waals surface area contributed by atoms with Crippen LogP contribution < -0.4 is 5.79 Å². The Morgan fingerprint density at radius 1 is 0.195 bits per heavy atom. The van der Waals surface area contributed by atoms with Crippen molar-refractivity contribution in [2.75, 3.05) is 0 Å². The minimum atomic E-state index is -3.16. The van der Waals surface area contributed by atoms with Crippen molar-refractivity contribution in [2.24, 2.45) is 0 Å². The van der Waals surface area contributed by atoms with Gasteiger partial charge in [0.1, 0.15) is 0 Å². The molecule has 118 heavy (non-hydrogen) atoms. The van der Waals surface area contributed by atoms with Crippen LogP contribution in [0.3, 0.4) is 0 Å². The molecule has 0 amide bonds. The number of rotatable bonds is 64. The van der Waals surface area contributed by atoms with Gasteiger partial charge in [-0.25, -0.2) is 0 Å². The van der Waals surface area contributed by atoms with Gasteiger partial charge in [0.15, 0.2) is 0 Å². The van der Waals surface area contributed by atoms with E-state index in [9.17, 15) is 0 Å². The molecule has 2 aliphatic carbocycles. The van der Waals surface area contributed by atoms with E-state index >= 15 is 0 Å². The number of hydrogen-bond acceptors (Lipinski definition) is 4. The standard InChI is InChI=1S/C88H118S4.6C4H9.2Sn/c1-9-17-25-33-41-65-53-66(42-34-26-18-10-2)58-73(57-65)87(74-59-67(43-35-27-19-11-3)54-68(60-74)44-36-28-20-12-4)77-49-51-89-81(77)83-79(87)85-86(91-83)80-84(92-85)82-78(50-52-90-82)88(80,75-61-69(45-37-29-21-13-5)55-70(62-75)46-38-30-22-14-6)76-63-71(47-39-31-23-15-7)56-72(64-76)48-40-32-24-16-8;6*1-3-4-2;;/h49-50,53-64H,9-48H2,1-8H3;6*1,3-4H2,2H3;;. The van der Waals surface area contributed by atoms with E-state index in [1.54, 1.807) is 118 Å². The van der Waals surface area contributed by atoms with E-state index in [-0.39, 0.29) is 0 Å². The molecule has 10 rings (SSSR count). The van der Waals surface area contributed by atoms with Gasteiger partial charge in [-0.15, -0.1) is 0 Å². The summed E-state index contributed by atoms with van der Waals surface area (Å²) in [4.78, 5) is 6.74. The van der Waals surface area contributed by atoms with E-state index < -0.39 is 47.6 Å². The SMILES string of the molecule is CCCCCCc1cc(CCCCCC)cc(C2(c3cc(CCCCCC)cc(CCCCCC)c3)c3c[c]([Sn]([CH2]CCC)([CH2]CCC)[CH2]CCC)sc3-c3sc4c5c(sc4c32)-c2s[c]([Sn]([CH2]CCC)([CH2]CCC)[CH2]CCC)cc2C5(c2cc(CCCCCC)cc(CCCCCC)c2)c2cc(CCCCCC)cc(CCCCCC)c2)c1. The molecule has 0 bridgehead atoms. The van der Waals surface area contributed by atoms with Crippen molar-refractivity contribution < 1.29 is 0 Å². The molecule has 0 unspecified atom stereocenters. The van der Waals surface area contributed by atoms with Gasteiger partial charge in [0.25, 0.3) is 0 Å². The molecule has 4 aromatic carbocycles. The zero-order valence-corrected chi connectivity index (χ0v) is 87.7. The summed E-state index contributed by atoms with van der Waals surface area (Å²) in [5.41, 5.74) is 25.3. The molecule has 2 aliphatic rings. The number of hydrogen-bond donors (Lipinski definition) is 0. The Hall–Kier alpha value is -2.46. The molecule has 4 aromatic heterocycles. The van der Waals surface area contributed by atoms with Crippen LogP contribution in [-0.4, -0.2) is 36.8 Å². The van der Waals surface area contributed by atoms with Crippen LogP contribution in [0.2, 0.25) is 26.6 Å². The normalized spacial score (nSPS) is 13.6. The summed E-state index contributed by atoms with van der Waals surface area (Å²) in [7, 11) is 0. The van der Waals surface area contributed by atoms with Crippen molar-refractivity contribution in [3.05, 3.63) is 174 Å². The van der Waals surface area contributed by atoms with Crippen LogP contribution in [0.15, 0.2) is 84.9 Å². The average molecular weight is 1880 g/mol. The summed E-state index contributed by atoms with van der Waals surface area (Å²) < 4.78 is 16.2. The first-order chi connectivity index (χ1) is 57.9. The van der Waals surface area contributed by atoms with E-state index in [2.05, 4.69) is 227 Å². The van der Waals surface area contributed by atoms with Crippen molar-refractivity contribution in [2.45, 2.75) is 468 Å². The predicted octanol–water partition coefficient (Wildman–Crippen LogP) is 36.9. The monoisotopic (exact) mass is 1890 g/mol. The summed E-state index contributed by atoms with van der Waals surface area (Å²) in [6, 6.07) is 40.7. The van der Waals surface area contributed by atoms with E-state index in [0.717, 1.165) is 0 Å². The number of thiophene rings is 4. The van der Waals surface area contributed by atoms with Crippen molar-refractivity contribution in [1.82, 2.24) is 0 Å². The fourth-order valence-electron chi connectivity index (χ4n) is 21.6. The molecule has 0 aliphatic heterocycles. The summed E-state index contributed by atoms with van der Waals surface area (Å²) >= 11 is 3.29. The first-order valence-electron chi connectivity index (χ1n) is 51.3. The van der Waals surface area contributed by atoms with Gasteiger partial charge >= 0.3 is 704 Å². The fourth-order valence-corrected chi connectivity index (χ4v) is 65.7. The molecule has 0 saturated heterocycles. The third-order valence-corrected chi connectivity index (χ3v) is 70.1. The number of benzene rings is 4. The quantitative estimate of drug-likeness (QED) is 0.0263. The molecule has 0 spiro atoms. The third-order valence-electron chi connectivity index (χ3n) is 28.6. The predicted molar refractivity (Wildman–Crippen MR) is 542 cm³/mol. The molecule has 0 atom stereocenters. The topological polar surface area (TPSA) is 0 Å². The van der Waals surface area contributed by atoms with Gasteiger partial charge in [-0.05, 0) is 0 Å². The van der Waals surface area contributed by atoms with Crippen molar-refractivity contribution in [3.8, 4) is 19.5 Å². The molecule has 6 heteroatoms. The van der Waals surface area contributed by atoms with Crippen LogP contribution >= 0.6 is 45.3 Å². The third kappa shape index (κ3) is 24.2. The Bertz CT molecular complexity index is 3640. The molecular formula is C112H172S4Sn2. The minimum absolute atomic E-state index is 0.490. The first-order valence-corrected chi connectivity index (χ1v) is 69.5. The van der Waals surface area contributed by atoms with Gasteiger partial charge in [-0.1, -0.05) is 55.4 Å². The summed E-state index contributed by atoms with van der Waals surface area (Å²) in [5, 5.41) is 0. The number of unbranched alkanes of at least 4 members (excludes halogenated alkanes) is 30. The van der Waals surface area contributed by atoms with Gasteiger partial charge in [-0.2, -0.15) is 0 Å². The fraction of sp³-hybridized carbons (Fsp3) is 0.661.